The molecule has 0 bridgehead atoms. The molecule has 0 unspecified atom stereocenters. The maximum Gasteiger partial charge on any atom is 0.227 e. The molecule has 0 spiro atoms. The third-order valence-electron chi connectivity index (χ3n) is 4.73. The molecule has 3 aromatic rings. The van der Waals surface area contributed by atoms with Crippen LogP contribution in [0.25, 0.3) is 21.1 Å². The average molecular weight is 398 g/mol. The van der Waals surface area contributed by atoms with Crippen LogP contribution < -0.4 is 5.73 Å². The van der Waals surface area contributed by atoms with Gasteiger partial charge in [0.2, 0.25) is 11.8 Å². The molecule has 2 aromatic heterocycles. The van der Waals surface area contributed by atoms with Crippen molar-refractivity contribution in [2.45, 2.75) is 12.8 Å². The number of benzene rings is 1. The first-order chi connectivity index (χ1) is 13.1. The highest BCUT2D eigenvalue weighted by molar-refractivity contribution is 7.17. The van der Waals surface area contributed by atoms with Crippen molar-refractivity contribution in [3.8, 4) is 21.1 Å². The standard InChI is InChI=1S/C20H19N3O2S2/c21-19(25)14-8-9-23(12-14)17(24)11-16-18(15-7-4-10-26-15)22-20(27-16)13-5-2-1-3-6-13/h1-7,10,14H,8-9,11-12H2,(H2,21,25)/t14-/m1/s1. The summed E-state index contributed by atoms with van der Waals surface area (Å²) < 4.78 is 0. The largest absolute Gasteiger partial charge is 0.369 e. The van der Waals surface area contributed by atoms with Gasteiger partial charge in [0.05, 0.1) is 22.9 Å². The predicted octanol–water partition coefficient (Wildman–Crippen LogP) is 3.41. The van der Waals surface area contributed by atoms with E-state index in [0.717, 1.165) is 26.0 Å². The second-order valence-electron chi connectivity index (χ2n) is 6.54. The number of thiazole rings is 1. The average Bonchev–Trinajstić information content (AvgIpc) is 3.42. The Bertz CT molecular complexity index is 951. The summed E-state index contributed by atoms with van der Waals surface area (Å²) >= 11 is 3.18. The van der Waals surface area contributed by atoms with Crippen molar-refractivity contribution in [1.29, 1.82) is 0 Å². The monoisotopic (exact) mass is 397 g/mol. The first-order valence-electron chi connectivity index (χ1n) is 8.78. The van der Waals surface area contributed by atoms with Crippen molar-refractivity contribution in [3.05, 3.63) is 52.7 Å². The Hall–Kier alpha value is -2.51. The second kappa shape index (κ2) is 7.62. The van der Waals surface area contributed by atoms with Crippen LogP contribution in [0.1, 0.15) is 11.3 Å². The molecular weight excluding hydrogens is 378 g/mol. The predicted molar refractivity (Wildman–Crippen MR) is 108 cm³/mol. The Morgan fingerprint density at radius 3 is 2.67 bits per heavy atom. The van der Waals surface area contributed by atoms with Crippen molar-refractivity contribution in [3.63, 3.8) is 0 Å². The van der Waals surface area contributed by atoms with E-state index >= 15 is 0 Å². The van der Waals surface area contributed by atoms with Crippen LogP contribution in [-0.2, 0) is 16.0 Å². The van der Waals surface area contributed by atoms with Crippen LogP contribution in [0.2, 0.25) is 0 Å². The zero-order valence-corrected chi connectivity index (χ0v) is 16.3. The summed E-state index contributed by atoms with van der Waals surface area (Å²) in [5, 5.41) is 2.93. The molecule has 2 N–H and O–H groups in total. The molecule has 138 valence electrons. The van der Waals surface area contributed by atoms with E-state index in [1.165, 1.54) is 0 Å². The van der Waals surface area contributed by atoms with Crippen LogP contribution in [0, 0.1) is 5.92 Å². The van der Waals surface area contributed by atoms with Gasteiger partial charge in [-0.25, -0.2) is 4.98 Å². The smallest absolute Gasteiger partial charge is 0.227 e. The Morgan fingerprint density at radius 2 is 2.00 bits per heavy atom. The highest BCUT2D eigenvalue weighted by atomic mass is 32.1. The molecule has 0 radical (unpaired) electrons. The van der Waals surface area contributed by atoms with E-state index in [9.17, 15) is 9.59 Å². The summed E-state index contributed by atoms with van der Waals surface area (Å²) in [6.45, 7) is 1.01. The van der Waals surface area contributed by atoms with Crippen molar-refractivity contribution < 1.29 is 9.59 Å². The fraction of sp³-hybridized carbons (Fsp3) is 0.250. The molecular formula is C20H19N3O2S2. The van der Waals surface area contributed by atoms with Gasteiger partial charge >= 0.3 is 0 Å². The first kappa shape index (κ1) is 17.9. The number of amides is 2. The number of thiophene rings is 1. The van der Waals surface area contributed by atoms with Gasteiger partial charge < -0.3 is 10.6 Å². The summed E-state index contributed by atoms with van der Waals surface area (Å²) in [6.07, 6.45) is 0.944. The van der Waals surface area contributed by atoms with E-state index < -0.39 is 0 Å². The van der Waals surface area contributed by atoms with Crippen LogP contribution in [-0.4, -0.2) is 34.8 Å². The highest BCUT2D eigenvalue weighted by Crippen LogP contribution is 2.36. The van der Waals surface area contributed by atoms with Gasteiger partial charge in [-0.05, 0) is 17.9 Å². The Morgan fingerprint density at radius 1 is 1.19 bits per heavy atom. The van der Waals surface area contributed by atoms with E-state index in [1.807, 2.05) is 47.8 Å². The minimum Gasteiger partial charge on any atom is -0.369 e. The number of nitrogens with zero attached hydrogens (tertiary/aromatic N) is 2. The molecule has 1 saturated heterocycles. The molecule has 3 heterocycles. The lowest BCUT2D eigenvalue weighted by molar-refractivity contribution is -0.129. The molecule has 4 rings (SSSR count). The summed E-state index contributed by atoms with van der Waals surface area (Å²) in [7, 11) is 0. The number of nitrogens with two attached hydrogens (primary N) is 1. The van der Waals surface area contributed by atoms with Gasteiger partial charge in [0.1, 0.15) is 5.01 Å². The topological polar surface area (TPSA) is 76.3 Å². The molecule has 0 saturated carbocycles. The molecule has 1 aromatic carbocycles. The van der Waals surface area contributed by atoms with E-state index in [1.54, 1.807) is 27.6 Å². The molecule has 1 atom stereocenters. The zero-order chi connectivity index (χ0) is 18.8. The molecule has 1 aliphatic heterocycles. The number of rotatable bonds is 5. The number of primary amides is 1. The van der Waals surface area contributed by atoms with Gasteiger partial charge in [-0.15, -0.1) is 22.7 Å². The lowest BCUT2D eigenvalue weighted by Gasteiger charge is -2.15. The fourth-order valence-electron chi connectivity index (χ4n) is 3.25. The number of carbonyl (C=O) groups excluding carboxylic acids is 2. The SMILES string of the molecule is NC(=O)[C@@H]1CCN(C(=O)Cc2sc(-c3ccccc3)nc2-c2cccs2)C1. The molecule has 7 heteroatoms. The van der Waals surface area contributed by atoms with Crippen LogP contribution in [0.5, 0.6) is 0 Å². The van der Waals surface area contributed by atoms with Crippen LogP contribution in [0.4, 0.5) is 0 Å². The van der Waals surface area contributed by atoms with Gasteiger partial charge in [0.25, 0.3) is 0 Å². The summed E-state index contributed by atoms with van der Waals surface area (Å²) in [5.74, 6) is -0.527. The summed E-state index contributed by atoms with van der Waals surface area (Å²) in [4.78, 5) is 32.8. The Labute approximate surface area is 165 Å². The third-order valence-corrected chi connectivity index (χ3v) is 6.71. The lowest BCUT2D eigenvalue weighted by atomic mass is 10.1. The number of aromatic nitrogens is 1. The van der Waals surface area contributed by atoms with Gasteiger partial charge in [0.15, 0.2) is 0 Å². The normalized spacial score (nSPS) is 16.6. The maximum atomic E-state index is 12.8. The van der Waals surface area contributed by atoms with Crippen molar-refractivity contribution >= 4 is 34.5 Å². The van der Waals surface area contributed by atoms with E-state index in [4.69, 9.17) is 10.7 Å². The van der Waals surface area contributed by atoms with Gasteiger partial charge in [-0.2, -0.15) is 0 Å². The third kappa shape index (κ3) is 3.79. The van der Waals surface area contributed by atoms with Crippen LogP contribution in [0.15, 0.2) is 47.8 Å². The van der Waals surface area contributed by atoms with E-state index in [0.29, 0.717) is 25.9 Å². The summed E-state index contributed by atoms with van der Waals surface area (Å²) in [5.41, 5.74) is 7.32. The quantitative estimate of drug-likeness (QED) is 0.717. The van der Waals surface area contributed by atoms with Crippen molar-refractivity contribution in [1.82, 2.24) is 9.88 Å². The number of hydrogen-bond acceptors (Lipinski definition) is 5. The van der Waals surface area contributed by atoms with E-state index in [-0.39, 0.29) is 17.7 Å². The van der Waals surface area contributed by atoms with E-state index in [2.05, 4.69) is 0 Å². The summed E-state index contributed by atoms with van der Waals surface area (Å²) in [6, 6.07) is 14.0. The van der Waals surface area contributed by atoms with Gasteiger partial charge in [-0.3, -0.25) is 9.59 Å². The van der Waals surface area contributed by atoms with Gasteiger partial charge in [0, 0.05) is 23.5 Å². The lowest BCUT2D eigenvalue weighted by Crippen LogP contribution is -2.32. The van der Waals surface area contributed by atoms with Crippen LogP contribution in [0.3, 0.4) is 0 Å². The van der Waals surface area contributed by atoms with Gasteiger partial charge in [-0.1, -0.05) is 36.4 Å². The molecule has 1 aliphatic rings. The number of hydrogen-bond donors (Lipinski definition) is 1. The maximum absolute atomic E-state index is 12.8. The minimum absolute atomic E-state index is 0.0276. The molecule has 27 heavy (non-hydrogen) atoms. The zero-order valence-electron chi connectivity index (χ0n) is 14.6. The Kier molecular flexibility index (Phi) is 5.05. The molecule has 0 aliphatic carbocycles. The fourth-order valence-corrected chi connectivity index (χ4v) is 5.13. The molecule has 1 fully saturated rings. The second-order valence-corrected chi connectivity index (χ2v) is 8.57. The van der Waals surface area contributed by atoms with Crippen molar-refractivity contribution in [2.24, 2.45) is 11.7 Å². The number of carbonyl (C=O) groups is 2. The number of likely N-dealkylation sites (tertiary alicyclic amines) is 1. The molecule has 2 amide bonds. The first-order valence-corrected chi connectivity index (χ1v) is 10.5. The van der Waals surface area contributed by atoms with Crippen LogP contribution >= 0.6 is 22.7 Å². The molecule has 5 nitrogen and oxygen atoms in total. The Balaban J connectivity index is 1.61. The highest BCUT2D eigenvalue weighted by Gasteiger charge is 2.30. The van der Waals surface area contributed by atoms with Crippen molar-refractivity contribution in [2.75, 3.05) is 13.1 Å². The minimum atomic E-state index is -0.325.